The topological polar surface area (TPSA) is 91.4 Å². The molecule has 0 unspecified atom stereocenters. The molecule has 2 saturated heterocycles. The average molecular weight is 445 g/mol. The second-order valence-electron chi connectivity index (χ2n) is 11.7. The standard InChI is InChI=1S/C25H32O7/c1-21(2)30-19-10-17-16-6-5-14-9-15(27)7-8-22(14,3)24(16)20(31-24)11-23(17,4)25(19,32-21)18(28)12-29-13-26/h9,13,16-17,19-20H,5-8,10-12H2,1-4H3/t16-,17-,19+,20-,22-,23-,24+,25+/m0/s1. The first kappa shape index (κ1) is 21.0. The van der Waals surface area contributed by atoms with E-state index in [0.717, 1.165) is 25.7 Å². The van der Waals surface area contributed by atoms with Crippen molar-refractivity contribution in [2.75, 3.05) is 6.61 Å². The number of hydrogen-bond acceptors (Lipinski definition) is 7. The Balaban J connectivity index is 1.42. The predicted octanol–water partition coefficient (Wildman–Crippen LogP) is 2.89. The molecule has 3 saturated carbocycles. The van der Waals surface area contributed by atoms with Crippen molar-refractivity contribution in [1.82, 2.24) is 0 Å². The Labute approximate surface area is 188 Å². The van der Waals surface area contributed by atoms with Crippen LogP contribution in [0.1, 0.15) is 66.2 Å². The molecule has 1 spiro atoms. The number of carbonyl (C=O) groups excluding carboxylic acids is 3. The van der Waals surface area contributed by atoms with Crippen LogP contribution < -0.4 is 0 Å². The first-order valence-electron chi connectivity index (χ1n) is 11.9. The summed E-state index contributed by atoms with van der Waals surface area (Å²) in [5.74, 6) is -0.404. The van der Waals surface area contributed by atoms with Crippen molar-refractivity contribution >= 4 is 18.0 Å². The van der Waals surface area contributed by atoms with Crippen LogP contribution in [0.3, 0.4) is 0 Å². The zero-order valence-electron chi connectivity index (χ0n) is 19.3. The lowest BCUT2D eigenvalue weighted by Gasteiger charge is -2.57. The molecule has 6 aliphatic rings. The van der Waals surface area contributed by atoms with Crippen molar-refractivity contribution in [3.05, 3.63) is 11.6 Å². The molecule has 0 N–H and O–H groups in total. The van der Waals surface area contributed by atoms with Crippen LogP contribution in [0.15, 0.2) is 11.6 Å². The summed E-state index contributed by atoms with van der Waals surface area (Å²) < 4.78 is 24.4. The van der Waals surface area contributed by atoms with E-state index in [9.17, 15) is 14.4 Å². The lowest BCUT2D eigenvalue weighted by atomic mass is 9.46. The van der Waals surface area contributed by atoms with Gasteiger partial charge in [0.25, 0.3) is 6.47 Å². The molecule has 0 bridgehead atoms. The van der Waals surface area contributed by atoms with Crippen LogP contribution in [0.5, 0.6) is 0 Å². The van der Waals surface area contributed by atoms with Crippen molar-refractivity contribution in [3.8, 4) is 0 Å². The van der Waals surface area contributed by atoms with E-state index in [2.05, 4.69) is 13.8 Å². The maximum Gasteiger partial charge on any atom is 0.293 e. The summed E-state index contributed by atoms with van der Waals surface area (Å²) in [6, 6.07) is 0. The van der Waals surface area contributed by atoms with Crippen molar-refractivity contribution in [1.29, 1.82) is 0 Å². The van der Waals surface area contributed by atoms with E-state index >= 15 is 0 Å². The number of ether oxygens (including phenoxy) is 4. The number of Topliss-reactive ketones (excluding diaryl/α,β-unsaturated/α-hetero) is 1. The molecule has 32 heavy (non-hydrogen) atoms. The number of fused-ring (bicyclic) bond motifs is 5. The Morgan fingerprint density at radius 3 is 2.69 bits per heavy atom. The summed E-state index contributed by atoms with van der Waals surface area (Å²) in [4.78, 5) is 36.6. The van der Waals surface area contributed by atoms with Crippen LogP contribution in [0.25, 0.3) is 0 Å². The lowest BCUT2D eigenvalue weighted by molar-refractivity contribution is -0.212. The molecule has 0 aromatic rings. The fourth-order valence-electron chi connectivity index (χ4n) is 8.83. The van der Waals surface area contributed by atoms with Gasteiger partial charge >= 0.3 is 0 Å². The summed E-state index contributed by atoms with van der Waals surface area (Å²) in [5.41, 5.74) is -0.784. The van der Waals surface area contributed by atoms with Crippen molar-refractivity contribution in [3.63, 3.8) is 0 Å². The first-order chi connectivity index (χ1) is 15.0. The van der Waals surface area contributed by atoms with E-state index in [1.165, 1.54) is 5.57 Å². The van der Waals surface area contributed by atoms with Crippen LogP contribution in [0.4, 0.5) is 0 Å². The fraction of sp³-hybridized carbons (Fsp3) is 0.800. The fourth-order valence-corrected chi connectivity index (χ4v) is 8.83. The third-order valence-electron chi connectivity index (χ3n) is 10.0. The van der Waals surface area contributed by atoms with Crippen LogP contribution in [0, 0.1) is 22.7 Å². The third kappa shape index (κ3) is 2.21. The molecule has 2 aliphatic heterocycles. The van der Waals surface area contributed by atoms with E-state index in [0.29, 0.717) is 19.3 Å². The highest BCUT2D eigenvalue weighted by Crippen LogP contribution is 2.77. The summed E-state index contributed by atoms with van der Waals surface area (Å²) in [6.45, 7) is 8.14. The van der Waals surface area contributed by atoms with Gasteiger partial charge in [0.05, 0.1) is 12.2 Å². The number of rotatable bonds is 4. The second kappa shape index (κ2) is 6.10. The normalized spacial score (nSPS) is 52.0. The molecule has 7 heteroatoms. The van der Waals surface area contributed by atoms with Gasteiger partial charge in [-0.25, -0.2) is 0 Å². The Hall–Kier alpha value is -1.57. The van der Waals surface area contributed by atoms with E-state index < -0.39 is 16.8 Å². The molecule has 4 aliphatic carbocycles. The maximum absolute atomic E-state index is 13.6. The quantitative estimate of drug-likeness (QED) is 0.486. The molecular formula is C25H32O7. The van der Waals surface area contributed by atoms with Crippen molar-refractivity contribution in [2.24, 2.45) is 22.7 Å². The minimum absolute atomic E-state index is 0.0263. The number of carbonyl (C=O) groups is 3. The Morgan fingerprint density at radius 2 is 1.94 bits per heavy atom. The predicted molar refractivity (Wildman–Crippen MR) is 111 cm³/mol. The SMILES string of the molecule is CC1(C)O[C@@H]2C[C@H]3[C@@H]4CCC5=CC(=O)CC[C@]5(C)[C@@]45O[C@H]5C[C@]3(C)[C@]2(C(=O)COC=O)O1. The van der Waals surface area contributed by atoms with Gasteiger partial charge in [-0.1, -0.05) is 19.4 Å². The molecular weight excluding hydrogens is 412 g/mol. The Bertz CT molecular complexity index is 954. The molecule has 0 aromatic carbocycles. The zero-order valence-corrected chi connectivity index (χ0v) is 19.3. The lowest BCUT2D eigenvalue weighted by Crippen LogP contribution is -2.63. The minimum atomic E-state index is -1.15. The van der Waals surface area contributed by atoms with Gasteiger partial charge in [0.2, 0.25) is 5.78 Å². The first-order valence-corrected chi connectivity index (χ1v) is 11.9. The molecule has 0 amide bonds. The van der Waals surface area contributed by atoms with Crippen LogP contribution in [-0.2, 0) is 33.3 Å². The van der Waals surface area contributed by atoms with Crippen molar-refractivity contribution in [2.45, 2.75) is 95.4 Å². The van der Waals surface area contributed by atoms with Crippen LogP contribution >= 0.6 is 0 Å². The van der Waals surface area contributed by atoms with Crippen LogP contribution in [0.2, 0.25) is 0 Å². The third-order valence-corrected chi connectivity index (χ3v) is 10.0. The van der Waals surface area contributed by atoms with E-state index in [4.69, 9.17) is 18.9 Å². The molecule has 5 fully saturated rings. The molecule has 6 rings (SSSR count). The highest BCUT2D eigenvalue weighted by Gasteiger charge is 2.84. The molecule has 7 nitrogen and oxygen atoms in total. The van der Waals surface area contributed by atoms with Gasteiger partial charge < -0.3 is 18.9 Å². The largest absolute Gasteiger partial charge is 0.460 e. The average Bonchev–Trinajstić information content (AvgIpc) is 3.30. The Kier molecular flexibility index (Phi) is 4.00. The maximum atomic E-state index is 13.6. The summed E-state index contributed by atoms with van der Waals surface area (Å²) in [6.07, 6.45) is 6.19. The molecule has 0 aromatic heterocycles. The minimum Gasteiger partial charge on any atom is -0.460 e. The number of epoxide rings is 1. The smallest absolute Gasteiger partial charge is 0.293 e. The monoisotopic (exact) mass is 444 g/mol. The Morgan fingerprint density at radius 1 is 1.16 bits per heavy atom. The second-order valence-corrected chi connectivity index (χ2v) is 11.7. The number of hydrogen-bond donors (Lipinski definition) is 0. The summed E-state index contributed by atoms with van der Waals surface area (Å²) in [5, 5.41) is 0. The zero-order chi connectivity index (χ0) is 22.7. The van der Waals surface area contributed by atoms with Gasteiger partial charge in [-0.15, -0.1) is 0 Å². The highest BCUT2D eigenvalue weighted by molar-refractivity contribution is 5.92. The molecule has 174 valence electrons. The summed E-state index contributed by atoms with van der Waals surface area (Å²) >= 11 is 0. The van der Waals surface area contributed by atoms with Gasteiger partial charge in [0, 0.05) is 17.3 Å². The van der Waals surface area contributed by atoms with Gasteiger partial charge in [-0.05, 0) is 63.9 Å². The van der Waals surface area contributed by atoms with Crippen molar-refractivity contribution < 1.29 is 33.3 Å². The highest BCUT2D eigenvalue weighted by atomic mass is 16.8. The van der Waals surface area contributed by atoms with E-state index in [1.807, 2.05) is 19.9 Å². The van der Waals surface area contributed by atoms with Gasteiger partial charge in [0.15, 0.2) is 23.8 Å². The van der Waals surface area contributed by atoms with Gasteiger partial charge in [-0.3, -0.25) is 14.4 Å². The molecule has 8 atom stereocenters. The van der Waals surface area contributed by atoms with E-state index in [-0.39, 0.29) is 53.2 Å². The van der Waals surface area contributed by atoms with E-state index in [1.54, 1.807) is 0 Å². The molecule has 0 radical (unpaired) electrons. The summed E-state index contributed by atoms with van der Waals surface area (Å²) in [7, 11) is 0. The van der Waals surface area contributed by atoms with Gasteiger partial charge in [-0.2, -0.15) is 0 Å². The molecule has 2 heterocycles. The number of ketones is 2. The van der Waals surface area contributed by atoms with Gasteiger partial charge in [0.1, 0.15) is 5.60 Å². The van der Waals surface area contributed by atoms with Crippen LogP contribution in [-0.4, -0.2) is 53.8 Å².